The number of carbonyl (C=O) groups excluding carboxylic acids is 1. The maximum atomic E-state index is 13.5. The Hall–Kier alpha value is -2.57. The second kappa shape index (κ2) is 6.87. The van der Waals surface area contributed by atoms with E-state index >= 15 is 0 Å². The van der Waals surface area contributed by atoms with Gasteiger partial charge in [-0.2, -0.15) is 0 Å². The van der Waals surface area contributed by atoms with Gasteiger partial charge in [0.2, 0.25) is 0 Å². The smallest absolute Gasteiger partial charge is 0.318 e. The van der Waals surface area contributed by atoms with E-state index in [1.807, 2.05) is 4.90 Å². The lowest BCUT2D eigenvalue weighted by molar-refractivity contribution is -0.00600. The number of piperidine rings is 1. The maximum absolute atomic E-state index is 13.5. The molecule has 0 radical (unpaired) electrons. The van der Waals surface area contributed by atoms with Crippen molar-refractivity contribution in [3.63, 3.8) is 0 Å². The Morgan fingerprint density at radius 1 is 1.19 bits per heavy atom. The number of urea groups is 1. The van der Waals surface area contributed by atoms with Gasteiger partial charge in [0, 0.05) is 35.1 Å². The van der Waals surface area contributed by atoms with Gasteiger partial charge in [-0.05, 0) is 48.9 Å². The van der Waals surface area contributed by atoms with Crippen molar-refractivity contribution in [3.8, 4) is 11.1 Å². The number of pyridine rings is 1. The standard InChI is InChI=1S/C20H20F3N3O/c1-11-4-15-8-16(5-11)26(15)20(27)25-14-2-3-17(19(22)23)18(7-14)12-6-13(21)10-24-9-12/h2-3,6-7,9-11,15-16,19H,4-5,8H2,1H3,(H,25,27). The molecule has 1 aromatic heterocycles. The predicted octanol–water partition coefficient (Wildman–Crippen LogP) is 5.23. The van der Waals surface area contributed by atoms with Gasteiger partial charge in [-0.25, -0.2) is 18.0 Å². The summed E-state index contributed by atoms with van der Waals surface area (Å²) in [6, 6.07) is 5.62. The Bertz CT molecular complexity index is 861. The molecule has 2 unspecified atom stereocenters. The second-order valence-corrected chi connectivity index (χ2v) is 7.45. The predicted molar refractivity (Wildman–Crippen MR) is 96.0 cm³/mol. The van der Waals surface area contributed by atoms with Crippen LogP contribution >= 0.6 is 0 Å². The van der Waals surface area contributed by atoms with Crippen LogP contribution in [0.15, 0.2) is 36.7 Å². The van der Waals surface area contributed by atoms with Crippen LogP contribution in [-0.2, 0) is 0 Å². The fourth-order valence-electron chi connectivity index (χ4n) is 4.30. The Labute approximate surface area is 155 Å². The van der Waals surface area contributed by atoms with Crippen LogP contribution in [0.4, 0.5) is 23.7 Å². The minimum absolute atomic E-state index is 0.159. The van der Waals surface area contributed by atoms with E-state index in [0.29, 0.717) is 11.6 Å². The lowest BCUT2D eigenvalue weighted by Gasteiger charge is -2.54. The molecule has 1 aliphatic carbocycles. The number of carbonyl (C=O) groups is 1. The summed E-state index contributed by atoms with van der Waals surface area (Å²) in [5, 5.41) is 2.81. The maximum Gasteiger partial charge on any atom is 0.322 e. The number of anilines is 1. The molecule has 2 aromatic rings. The molecule has 2 bridgehead atoms. The molecule has 142 valence electrons. The van der Waals surface area contributed by atoms with Crippen molar-refractivity contribution in [3.05, 3.63) is 48.0 Å². The number of hydrogen-bond acceptors (Lipinski definition) is 2. The van der Waals surface area contributed by atoms with E-state index in [0.717, 1.165) is 31.5 Å². The Kier molecular flexibility index (Phi) is 4.53. The number of amides is 2. The van der Waals surface area contributed by atoms with E-state index in [1.54, 1.807) is 0 Å². The summed E-state index contributed by atoms with van der Waals surface area (Å²) in [7, 11) is 0. The second-order valence-electron chi connectivity index (χ2n) is 7.45. The number of fused-ring (bicyclic) bond motifs is 2. The zero-order chi connectivity index (χ0) is 19.1. The largest absolute Gasteiger partial charge is 0.322 e. The summed E-state index contributed by atoms with van der Waals surface area (Å²) >= 11 is 0. The first-order chi connectivity index (χ1) is 12.9. The average Bonchev–Trinajstić information content (AvgIpc) is 2.61. The summed E-state index contributed by atoms with van der Waals surface area (Å²) in [4.78, 5) is 18.2. The number of rotatable bonds is 3. The van der Waals surface area contributed by atoms with Gasteiger partial charge < -0.3 is 10.2 Å². The summed E-state index contributed by atoms with van der Waals surface area (Å²) in [5.41, 5.74) is 0.583. The molecule has 1 N–H and O–H groups in total. The Morgan fingerprint density at radius 2 is 1.93 bits per heavy atom. The van der Waals surface area contributed by atoms with Crippen molar-refractivity contribution < 1.29 is 18.0 Å². The first-order valence-electron chi connectivity index (χ1n) is 9.04. The molecular weight excluding hydrogens is 355 g/mol. The van der Waals surface area contributed by atoms with Crippen molar-refractivity contribution >= 4 is 11.7 Å². The van der Waals surface area contributed by atoms with Crippen LogP contribution < -0.4 is 5.32 Å². The number of hydrogen-bond donors (Lipinski definition) is 1. The highest BCUT2D eigenvalue weighted by atomic mass is 19.3. The molecular formula is C20H20F3N3O. The van der Waals surface area contributed by atoms with Crippen LogP contribution in [0.5, 0.6) is 0 Å². The molecule has 27 heavy (non-hydrogen) atoms. The van der Waals surface area contributed by atoms with Crippen LogP contribution in [0, 0.1) is 11.7 Å². The highest BCUT2D eigenvalue weighted by Crippen LogP contribution is 2.41. The normalized spacial score (nSPS) is 23.9. The SMILES string of the molecule is CC1CC2CC(C1)N2C(=O)Nc1ccc(C(F)F)c(-c2cncc(F)c2)c1. The average molecular weight is 375 g/mol. The third-order valence-corrected chi connectivity index (χ3v) is 5.47. The molecule has 3 heterocycles. The molecule has 1 saturated carbocycles. The summed E-state index contributed by atoms with van der Waals surface area (Å²) in [5.74, 6) is 0.0138. The Morgan fingerprint density at radius 3 is 2.59 bits per heavy atom. The van der Waals surface area contributed by atoms with Gasteiger partial charge in [0.1, 0.15) is 5.82 Å². The number of nitrogens with one attached hydrogen (secondary N) is 1. The summed E-state index contributed by atoms with van der Waals surface area (Å²) < 4.78 is 40.3. The van der Waals surface area contributed by atoms with Gasteiger partial charge in [0.05, 0.1) is 6.20 Å². The first-order valence-corrected chi connectivity index (χ1v) is 9.04. The van der Waals surface area contributed by atoms with Crippen LogP contribution in [-0.4, -0.2) is 28.0 Å². The van der Waals surface area contributed by atoms with Gasteiger partial charge in [0.15, 0.2) is 0 Å². The van der Waals surface area contributed by atoms with Crippen molar-refractivity contribution in [1.29, 1.82) is 0 Å². The number of aromatic nitrogens is 1. The molecule has 5 rings (SSSR count). The monoisotopic (exact) mass is 375 g/mol. The van der Waals surface area contributed by atoms with Crippen LogP contribution in [0.3, 0.4) is 0 Å². The van der Waals surface area contributed by atoms with E-state index in [4.69, 9.17) is 0 Å². The molecule has 2 aliphatic heterocycles. The van der Waals surface area contributed by atoms with E-state index < -0.39 is 12.2 Å². The third-order valence-electron chi connectivity index (χ3n) is 5.47. The van der Waals surface area contributed by atoms with E-state index in [2.05, 4.69) is 17.2 Å². The molecule has 2 atom stereocenters. The van der Waals surface area contributed by atoms with E-state index in [9.17, 15) is 18.0 Å². The summed E-state index contributed by atoms with van der Waals surface area (Å²) in [6.45, 7) is 2.19. The molecule has 1 aromatic carbocycles. The molecule has 3 aliphatic rings. The lowest BCUT2D eigenvalue weighted by atomic mass is 9.74. The van der Waals surface area contributed by atoms with Crippen LogP contribution in [0.25, 0.3) is 11.1 Å². The van der Waals surface area contributed by atoms with Gasteiger partial charge in [-0.15, -0.1) is 0 Å². The molecule has 2 saturated heterocycles. The van der Waals surface area contributed by atoms with Crippen LogP contribution in [0.2, 0.25) is 0 Å². The molecule has 0 spiro atoms. The zero-order valence-electron chi connectivity index (χ0n) is 14.8. The third kappa shape index (κ3) is 3.38. The minimum atomic E-state index is -2.72. The number of benzene rings is 1. The molecule has 2 amide bonds. The first kappa shape index (κ1) is 17.8. The lowest BCUT2D eigenvalue weighted by Crippen LogP contribution is -2.63. The van der Waals surface area contributed by atoms with Crippen molar-refractivity contribution in [2.75, 3.05) is 5.32 Å². The van der Waals surface area contributed by atoms with Gasteiger partial charge >= 0.3 is 6.03 Å². The topological polar surface area (TPSA) is 45.2 Å². The molecule has 3 fully saturated rings. The van der Waals surface area contributed by atoms with Crippen molar-refractivity contribution in [2.45, 2.75) is 44.7 Å². The number of alkyl halides is 2. The molecule has 4 nitrogen and oxygen atoms in total. The highest BCUT2D eigenvalue weighted by Gasteiger charge is 2.46. The fourth-order valence-corrected chi connectivity index (χ4v) is 4.30. The number of halogens is 3. The zero-order valence-corrected chi connectivity index (χ0v) is 14.8. The van der Waals surface area contributed by atoms with E-state index in [-0.39, 0.29) is 34.8 Å². The quantitative estimate of drug-likeness (QED) is 0.798. The van der Waals surface area contributed by atoms with Crippen LogP contribution in [0.1, 0.15) is 38.2 Å². The van der Waals surface area contributed by atoms with Crippen molar-refractivity contribution in [2.24, 2.45) is 5.92 Å². The minimum Gasteiger partial charge on any atom is -0.318 e. The fraction of sp³-hybridized carbons (Fsp3) is 0.400. The van der Waals surface area contributed by atoms with E-state index in [1.165, 1.54) is 24.4 Å². The van der Waals surface area contributed by atoms with Gasteiger partial charge in [-0.1, -0.05) is 13.0 Å². The van der Waals surface area contributed by atoms with Gasteiger partial charge in [0.25, 0.3) is 6.43 Å². The molecule has 7 heteroatoms. The van der Waals surface area contributed by atoms with Gasteiger partial charge in [-0.3, -0.25) is 4.98 Å². The highest BCUT2D eigenvalue weighted by molar-refractivity contribution is 5.91. The number of nitrogens with zero attached hydrogens (tertiary/aromatic N) is 2. The summed E-state index contributed by atoms with van der Waals surface area (Å²) in [6.07, 6.45) is 2.65. The van der Waals surface area contributed by atoms with Crippen molar-refractivity contribution in [1.82, 2.24) is 9.88 Å². The Balaban J connectivity index is 1.59.